The SMILES string of the molecule is CCN(CC)c1ccc2c(c1)OC(N)=C(C#N)[C@@H]2c1ccco1. The minimum Gasteiger partial charge on any atom is -0.468 e. The summed E-state index contributed by atoms with van der Waals surface area (Å²) in [4.78, 5) is 2.23. The van der Waals surface area contributed by atoms with Crippen molar-refractivity contribution in [1.29, 1.82) is 5.26 Å². The third-order valence-electron chi connectivity index (χ3n) is 4.16. The van der Waals surface area contributed by atoms with Gasteiger partial charge in [-0.1, -0.05) is 6.07 Å². The Labute approximate surface area is 135 Å². The predicted octanol–water partition coefficient (Wildman–Crippen LogP) is 3.34. The van der Waals surface area contributed by atoms with Crippen LogP contribution in [0, 0.1) is 11.3 Å². The molecule has 0 saturated carbocycles. The quantitative estimate of drug-likeness (QED) is 0.937. The topological polar surface area (TPSA) is 75.4 Å². The van der Waals surface area contributed by atoms with E-state index in [0.717, 1.165) is 24.3 Å². The van der Waals surface area contributed by atoms with E-state index < -0.39 is 0 Å². The average Bonchev–Trinajstić information content (AvgIpc) is 3.08. The molecule has 0 bridgehead atoms. The fourth-order valence-corrected chi connectivity index (χ4v) is 2.98. The summed E-state index contributed by atoms with van der Waals surface area (Å²) >= 11 is 0. The van der Waals surface area contributed by atoms with Crippen LogP contribution in [0.1, 0.15) is 31.1 Å². The number of allylic oxidation sites excluding steroid dienone is 1. The average molecular weight is 309 g/mol. The molecule has 1 aliphatic rings. The second kappa shape index (κ2) is 6.09. The highest BCUT2D eigenvalue weighted by Crippen LogP contribution is 2.43. The van der Waals surface area contributed by atoms with Gasteiger partial charge in [-0.25, -0.2) is 0 Å². The van der Waals surface area contributed by atoms with Crippen molar-refractivity contribution in [3.63, 3.8) is 0 Å². The third-order valence-corrected chi connectivity index (χ3v) is 4.16. The summed E-state index contributed by atoms with van der Waals surface area (Å²) in [5.74, 6) is 1.17. The van der Waals surface area contributed by atoms with Gasteiger partial charge in [0.1, 0.15) is 23.2 Å². The van der Waals surface area contributed by atoms with Crippen LogP contribution in [0.5, 0.6) is 5.75 Å². The van der Waals surface area contributed by atoms with E-state index in [-0.39, 0.29) is 11.8 Å². The van der Waals surface area contributed by atoms with Gasteiger partial charge in [0.05, 0.1) is 12.2 Å². The van der Waals surface area contributed by atoms with E-state index in [0.29, 0.717) is 17.1 Å². The van der Waals surface area contributed by atoms with Crippen molar-refractivity contribution in [3.8, 4) is 11.8 Å². The molecule has 0 radical (unpaired) electrons. The summed E-state index contributed by atoms with van der Waals surface area (Å²) in [6, 6.07) is 11.8. The summed E-state index contributed by atoms with van der Waals surface area (Å²) in [7, 11) is 0. The maximum absolute atomic E-state index is 9.46. The molecule has 0 spiro atoms. The lowest BCUT2D eigenvalue weighted by Gasteiger charge is -2.27. The van der Waals surface area contributed by atoms with E-state index in [4.69, 9.17) is 14.9 Å². The summed E-state index contributed by atoms with van der Waals surface area (Å²) in [5, 5.41) is 9.46. The Bertz CT molecular complexity index is 768. The molecular weight excluding hydrogens is 290 g/mol. The van der Waals surface area contributed by atoms with Gasteiger partial charge in [0.25, 0.3) is 0 Å². The molecule has 0 amide bonds. The zero-order valence-corrected chi connectivity index (χ0v) is 13.2. The molecule has 2 aromatic rings. The summed E-state index contributed by atoms with van der Waals surface area (Å²) < 4.78 is 11.2. The maximum Gasteiger partial charge on any atom is 0.205 e. The van der Waals surface area contributed by atoms with Gasteiger partial charge < -0.3 is 19.8 Å². The van der Waals surface area contributed by atoms with Gasteiger partial charge in [-0.05, 0) is 32.0 Å². The van der Waals surface area contributed by atoms with E-state index >= 15 is 0 Å². The van der Waals surface area contributed by atoms with E-state index in [1.807, 2.05) is 24.3 Å². The van der Waals surface area contributed by atoms with Gasteiger partial charge in [0.15, 0.2) is 0 Å². The number of benzene rings is 1. The van der Waals surface area contributed by atoms with Crippen LogP contribution in [-0.2, 0) is 0 Å². The van der Waals surface area contributed by atoms with Crippen molar-refractivity contribution >= 4 is 5.69 Å². The molecule has 0 saturated heterocycles. The third kappa shape index (κ3) is 2.53. The number of fused-ring (bicyclic) bond motifs is 1. The molecule has 1 atom stereocenters. The van der Waals surface area contributed by atoms with Crippen LogP contribution in [-0.4, -0.2) is 13.1 Å². The highest BCUT2D eigenvalue weighted by atomic mass is 16.5. The van der Waals surface area contributed by atoms with Crippen molar-refractivity contribution in [1.82, 2.24) is 0 Å². The van der Waals surface area contributed by atoms with Gasteiger partial charge >= 0.3 is 0 Å². The van der Waals surface area contributed by atoms with Crippen LogP contribution in [0.2, 0.25) is 0 Å². The van der Waals surface area contributed by atoms with Crippen molar-refractivity contribution in [2.24, 2.45) is 5.73 Å². The molecule has 2 heterocycles. The maximum atomic E-state index is 9.46. The van der Waals surface area contributed by atoms with E-state index in [1.54, 1.807) is 12.3 Å². The highest BCUT2D eigenvalue weighted by Gasteiger charge is 2.32. The molecular formula is C18H19N3O2. The fraction of sp³-hybridized carbons (Fsp3) is 0.278. The molecule has 0 fully saturated rings. The minimum absolute atomic E-state index is 0.137. The number of hydrogen-bond donors (Lipinski definition) is 1. The second-order valence-electron chi connectivity index (χ2n) is 5.33. The van der Waals surface area contributed by atoms with E-state index in [2.05, 4.69) is 24.8 Å². The van der Waals surface area contributed by atoms with Gasteiger partial charge in [0.2, 0.25) is 5.88 Å². The smallest absolute Gasteiger partial charge is 0.205 e. The summed E-state index contributed by atoms with van der Waals surface area (Å²) in [6.07, 6.45) is 1.60. The number of furan rings is 1. The Morgan fingerprint density at radius 3 is 2.65 bits per heavy atom. The second-order valence-corrected chi connectivity index (χ2v) is 5.33. The molecule has 23 heavy (non-hydrogen) atoms. The van der Waals surface area contributed by atoms with Crippen molar-refractivity contribution in [2.45, 2.75) is 19.8 Å². The van der Waals surface area contributed by atoms with Crippen LogP contribution >= 0.6 is 0 Å². The first-order chi connectivity index (χ1) is 11.2. The number of ether oxygens (including phenoxy) is 1. The van der Waals surface area contributed by atoms with Crippen LogP contribution in [0.3, 0.4) is 0 Å². The number of nitrogens with zero attached hydrogens (tertiary/aromatic N) is 2. The molecule has 1 aliphatic heterocycles. The van der Waals surface area contributed by atoms with E-state index in [1.165, 1.54) is 0 Å². The van der Waals surface area contributed by atoms with Gasteiger partial charge in [-0.3, -0.25) is 0 Å². The van der Waals surface area contributed by atoms with Gasteiger partial charge in [-0.15, -0.1) is 0 Å². The summed E-state index contributed by atoms with van der Waals surface area (Å²) in [6.45, 7) is 6.03. The largest absolute Gasteiger partial charge is 0.468 e. The summed E-state index contributed by atoms with van der Waals surface area (Å²) in [5.41, 5.74) is 8.31. The lowest BCUT2D eigenvalue weighted by Crippen LogP contribution is -2.24. The normalized spacial score (nSPS) is 16.5. The van der Waals surface area contributed by atoms with E-state index in [9.17, 15) is 5.26 Å². The first kappa shape index (κ1) is 15.0. The number of nitriles is 1. The van der Waals surface area contributed by atoms with Crippen LogP contribution < -0.4 is 15.4 Å². The molecule has 1 aromatic carbocycles. The predicted molar refractivity (Wildman–Crippen MR) is 88.0 cm³/mol. The Morgan fingerprint density at radius 1 is 1.26 bits per heavy atom. The highest BCUT2D eigenvalue weighted by molar-refractivity contribution is 5.60. The molecule has 5 heteroatoms. The lowest BCUT2D eigenvalue weighted by atomic mass is 9.87. The number of anilines is 1. The Balaban J connectivity index is 2.11. The fourth-order valence-electron chi connectivity index (χ4n) is 2.98. The molecule has 1 aromatic heterocycles. The van der Waals surface area contributed by atoms with Gasteiger partial charge in [-0.2, -0.15) is 5.26 Å². The monoisotopic (exact) mass is 309 g/mol. The first-order valence-corrected chi connectivity index (χ1v) is 7.69. The standard InChI is InChI=1S/C18H19N3O2/c1-3-21(4-2)12-7-8-13-16(10-12)23-18(20)14(11-19)17(13)15-6-5-9-22-15/h5-10,17H,3-4,20H2,1-2H3/t17-/m1/s1. The van der Waals surface area contributed by atoms with Crippen molar-refractivity contribution in [3.05, 3.63) is 59.4 Å². The zero-order chi connectivity index (χ0) is 16.4. The molecule has 0 unspecified atom stereocenters. The molecule has 0 aliphatic carbocycles. The number of rotatable bonds is 4. The van der Waals surface area contributed by atoms with Crippen LogP contribution in [0.4, 0.5) is 5.69 Å². The van der Waals surface area contributed by atoms with Crippen molar-refractivity contribution in [2.75, 3.05) is 18.0 Å². The Morgan fingerprint density at radius 2 is 2.04 bits per heavy atom. The van der Waals surface area contributed by atoms with Crippen LogP contribution in [0.25, 0.3) is 0 Å². The molecule has 3 rings (SSSR count). The van der Waals surface area contributed by atoms with Crippen molar-refractivity contribution < 1.29 is 9.15 Å². The lowest BCUT2D eigenvalue weighted by molar-refractivity contribution is 0.384. The zero-order valence-electron chi connectivity index (χ0n) is 13.2. The van der Waals surface area contributed by atoms with Crippen LogP contribution in [0.15, 0.2) is 52.5 Å². The number of nitrogens with two attached hydrogens (primary N) is 1. The number of hydrogen-bond acceptors (Lipinski definition) is 5. The Kier molecular flexibility index (Phi) is 3.98. The van der Waals surface area contributed by atoms with Gasteiger partial charge in [0, 0.05) is 30.4 Å². The first-order valence-electron chi connectivity index (χ1n) is 7.69. The molecule has 118 valence electrons. The molecule has 5 nitrogen and oxygen atoms in total. The molecule has 2 N–H and O–H groups in total. The minimum atomic E-state index is -0.329. The Hall–Kier alpha value is -2.87.